The summed E-state index contributed by atoms with van der Waals surface area (Å²) in [5.41, 5.74) is 2.03. The maximum atomic E-state index is 15.4. The van der Waals surface area contributed by atoms with Crippen LogP contribution in [-0.2, 0) is 5.92 Å². The minimum atomic E-state index is -3.31. The van der Waals surface area contributed by atoms with E-state index in [1.807, 2.05) is 17.9 Å². The monoisotopic (exact) mass is 555 g/mol. The van der Waals surface area contributed by atoms with Crippen LogP contribution in [0.4, 0.5) is 20.3 Å². The Hall–Kier alpha value is -2.94. The maximum absolute atomic E-state index is 15.4. The van der Waals surface area contributed by atoms with Crippen LogP contribution < -0.4 is 10.2 Å². The highest BCUT2D eigenvalue weighted by molar-refractivity contribution is 7.97. The summed E-state index contributed by atoms with van der Waals surface area (Å²) in [6, 6.07) is 14.0. The van der Waals surface area contributed by atoms with E-state index in [2.05, 4.69) is 57.0 Å². The Bertz CT molecular complexity index is 1240. The molecular formula is C29H32ClF2N5S. The van der Waals surface area contributed by atoms with Gasteiger partial charge < -0.3 is 10.2 Å². The summed E-state index contributed by atoms with van der Waals surface area (Å²) in [6.45, 7) is 13.1. The van der Waals surface area contributed by atoms with E-state index in [0.29, 0.717) is 18.9 Å². The molecule has 1 aliphatic rings. The Morgan fingerprint density at radius 1 is 1.13 bits per heavy atom. The number of piperazine rings is 1. The van der Waals surface area contributed by atoms with E-state index in [1.54, 1.807) is 18.0 Å². The van der Waals surface area contributed by atoms with Crippen molar-refractivity contribution >= 4 is 40.6 Å². The van der Waals surface area contributed by atoms with Crippen LogP contribution in [0.3, 0.4) is 0 Å². The largest absolute Gasteiger partial charge is 0.385 e. The van der Waals surface area contributed by atoms with Crippen LogP contribution in [0.15, 0.2) is 78.9 Å². The number of halogens is 3. The molecule has 38 heavy (non-hydrogen) atoms. The third-order valence-electron chi connectivity index (χ3n) is 6.29. The van der Waals surface area contributed by atoms with E-state index >= 15 is 8.78 Å². The molecule has 1 aliphatic heterocycles. The first-order valence-electron chi connectivity index (χ1n) is 12.6. The van der Waals surface area contributed by atoms with Gasteiger partial charge in [0.1, 0.15) is 16.7 Å². The smallest absolute Gasteiger partial charge is 0.315 e. The summed E-state index contributed by atoms with van der Waals surface area (Å²) in [5.74, 6) is -2.86. The van der Waals surface area contributed by atoms with Crippen molar-refractivity contribution in [2.75, 3.05) is 42.9 Å². The zero-order chi connectivity index (χ0) is 27.1. The molecule has 0 unspecified atom stereocenters. The lowest BCUT2D eigenvalue weighted by molar-refractivity contribution is 0.0379. The van der Waals surface area contributed by atoms with Gasteiger partial charge >= 0.3 is 5.92 Å². The molecule has 0 bridgehead atoms. The molecule has 4 rings (SSSR count). The molecule has 0 saturated carbocycles. The third kappa shape index (κ3) is 7.12. The van der Waals surface area contributed by atoms with Gasteiger partial charge in [-0.15, -0.1) is 6.58 Å². The van der Waals surface area contributed by atoms with Crippen molar-refractivity contribution in [1.29, 1.82) is 0 Å². The summed E-state index contributed by atoms with van der Waals surface area (Å²) in [4.78, 5) is 11.5. The van der Waals surface area contributed by atoms with Crippen LogP contribution in [0.5, 0.6) is 0 Å². The highest BCUT2D eigenvalue weighted by atomic mass is 35.5. The first-order chi connectivity index (χ1) is 18.3. The Morgan fingerprint density at radius 2 is 1.87 bits per heavy atom. The van der Waals surface area contributed by atoms with Gasteiger partial charge in [0.2, 0.25) is 0 Å². The summed E-state index contributed by atoms with van der Waals surface area (Å²) < 4.78 is 33.0. The van der Waals surface area contributed by atoms with Crippen molar-refractivity contribution in [3.05, 3.63) is 95.9 Å². The van der Waals surface area contributed by atoms with Crippen molar-refractivity contribution in [2.45, 2.75) is 30.6 Å². The number of nitrogens with zero attached hydrogens (tertiary/aromatic N) is 4. The number of hydrogen-bond donors (Lipinski definition) is 1. The molecule has 2 aromatic heterocycles. The van der Waals surface area contributed by atoms with E-state index in [9.17, 15) is 0 Å². The van der Waals surface area contributed by atoms with E-state index in [-0.39, 0.29) is 16.4 Å². The first-order valence-corrected chi connectivity index (χ1v) is 13.7. The van der Waals surface area contributed by atoms with Gasteiger partial charge in [-0.05, 0) is 85.3 Å². The minimum Gasteiger partial charge on any atom is -0.385 e. The standard InChI is InChI=1S/C29H32ClF2N5S/c1-4-5-6-13-33-24-8-10-25(11-9-24)38-37-16-14-36(15-17-37)28-19-23(18-27(30)35-28)29(31,32)26-12-7-22(20-34-26)21(2)3/h4,7-12,18-20,33H,1-2,5-6,13-17H2,3H3. The number of benzene rings is 1. The van der Waals surface area contributed by atoms with E-state index in [1.165, 1.54) is 24.4 Å². The minimum absolute atomic E-state index is 0.0331. The van der Waals surface area contributed by atoms with Crippen molar-refractivity contribution in [3.63, 3.8) is 0 Å². The number of anilines is 2. The second kappa shape index (κ2) is 12.7. The molecule has 0 spiro atoms. The van der Waals surface area contributed by atoms with Crippen LogP contribution in [0, 0.1) is 0 Å². The molecule has 3 aromatic rings. The van der Waals surface area contributed by atoms with Gasteiger partial charge in [0, 0.05) is 55.1 Å². The molecule has 9 heteroatoms. The number of allylic oxidation sites excluding steroid dienone is 2. The SMILES string of the molecule is C=CCCCNc1ccc(SN2CCN(c3cc(C(F)(F)c4ccc(C(=C)C)cn4)cc(Cl)n3)CC2)cc1. The summed E-state index contributed by atoms with van der Waals surface area (Å²) in [5, 5.41) is 3.45. The third-order valence-corrected chi connectivity index (χ3v) is 7.59. The lowest BCUT2D eigenvalue weighted by atomic mass is 10.0. The molecule has 3 heterocycles. The van der Waals surface area contributed by atoms with E-state index < -0.39 is 5.92 Å². The molecule has 1 saturated heterocycles. The lowest BCUT2D eigenvalue weighted by Crippen LogP contribution is -2.43. The Morgan fingerprint density at radius 3 is 2.50 bits per heavy atom. The number of alkyl halides is 2. The molecule has 5 nitrogen and oxygen atoms in total. The highest BCUT2D eigenvalue weighted by Crippen LogP contribution is 2.37. The van der Waals surface area contributed by atoms with Crippen LogP contribution in [0.25, 0.3) is 5.57 Å². The number of unbranched alkanes of at least 4 members (excludes halogenated alkanes) is 1. The van der Waals surface area contributed by atoms with Gasteiger partial charge in [-0.3, -0.25) is 4.98 Å². The topological polar surface area (TPSA) is 44.3 Å². The van der Waals surface area contributed by atoms with Crippen molar-refractivity contribution < 1.29 is 8.78 Å². The zero-order valence-corrected chi connectivity index (χ0v) is 23.0. The summed E-state index contributed by atoms with van der Waals surface area (Å²) in [6.07, 6.45) is 5.41. The Labute approximate surface area is 232 Å². The van der Waals surface area contributed by atoms with Gasteiger partial charge in [0.15, 0.2) is 0 Å². The number of nitrogens with one attached hydrogen (secondary N) is 1. The Balaban J connectivity index is 1.36. The molecule has 0 aliphatic carbocycles. The molecule has 0 radical (unpaired) electrons. The number of rotatable bonds is 11. The summed E-state index contributed by atoms with van der Waals surface area (Å²) in [7, 11) is 0. The van der Waals surface area contributed by atoms with Gasteiger partial charge in [-0.2, -0.15) is 8.78 Å². The molecule has 1 N–H and O–H groups in total. The van der Waals surface area contributed by atoms with Crippen LogP contribution >= 0.6 is 23.5 Å². The van der Waals surface area contributed by atoms with Gasteiger partial charge in [-0.25, -0.2) is 9.29 Å². The second-order valence-electron chi connectivity index (χ2n) is 9.21. The van der Waals surface area contributed by atoms with Crippen LogP contribution in [0.1, 0.15) is 36.6 Å². The predicted molar refractivity (Wildman–Crippen MR) is 155 cm³/mol. The summed E-state index contributed by atoms with van der Waals surface area (Å²) >= 11 is 7.90. The highest BCUT2D eigenvalue weighted by Gasteiger charge is 2.37. The second-order valence-corrected chi connectivity index (χ2v) is 10.8. The lowest BCUT2D eigenvalue weighted by Gasteiger charge is -2.35. The average Bonchev–Trinajstić information content (AvgIpc) is 2.92. The molecule has 1 aromatic carbocycles. The van der Waals surface area contributed by atoms with Crippen LogP contribution in [-0.4, -0.2) is 47.0 Å². The number of aromatic nitrogens is 2. The molecule has 0 amide bonds. The first kappa shape index (κ1) is 28.1. The van der Waals surface area contributed by atoms with Gasteiger partial charge in [0.25, 0.3) is 0 Å². The quantitative estimate of drug-likeness (QED) is 0.114. The predicted octanol–water partition coefficient (Wildman–Crippen LogP) is 7.51. The fraction of sp³-hybridized carbons (Fsp3) is 0.310. The molecule has 1 fully saturated rings. The molecule has 0 atom stereocenters. The van der Waals surface area contributed by atoms with Crippen molar-refractivity contribution in [2.24, 2.45) is 0 Å². The fourth-order valence-electron chi connectivity index (χ4n) is 4.08. The average molecular weight is 556 g/mol. The zero-order valence-electron chi connectivity index (χ0n) is 21.5. The number of hydrogen-bond acceptors (Lipinski definition) is 6. The van der Waals surface area contributed by atoms with Crippen LogP contribution in [0.2, 0.25) is 5.15 Å². The fourth-order valence-corrected chi connectivity index (χ4v) is 5.18. The van der Waals surface area contributed by atoms with Gasteiger partial charge in [0.05, 0.1) is 0 Å². The van der Waals surface area contributed by atoms with Gasteiger partial charge in [-0.1, -0.05) is 30.3 Å². The molecule has 200 valence electrons. The Kier molecular flexibility index (Phi) is 9.41. The van der Waals surface area contributed by atoms with Crippen molar-refractivity contribution in [1.82, 2.24) is 14.3 Å². The van der Waals surface area contributed by atoms with E-state index in [0.717, 1.165) is 54.2 Å². The van der Waals surface area contributed by atoms with E-state index in [4.69, 9.17) is 11.6 Å². The van der Waals surface area contributed by atoms with Crippen molar-refractivity contribution in [3.8, 4) is 0 Å². The normalized spacial score (nSPS) is 14.4. The maximum Gasteiger partial charge on any atom is 0.315 e. The molecular weight excluding hydrogens is 524 g/mol. The number of pyridine rings is 2.